The molecule has 0 radical (unpaired) electrons. The van der Waals surface area contributed by atoms with Gasteiger partial charge in [-0.1, -0.05) is 6.92 Å². The van der Waals surface area contributed by atoms with Gasteiger partial charge in [-0.3, -0.25) is 0 Å². The van der Waals surface area contributed by atoms with Crippen molar-refractivity contribution < 1.29 is 14.2 Å². The fourth-order valence-electron chi connectivity index (χ4n) is 3.11. The van der Waals surface area contributed by atoms with Gasteiger partial charge in [-0.25, -0.2) is 0 Å². The largest absolute Gasteiger partial charge is 0.381 e. The molecule has 2 saturated heterocycles. The Morgan fingerprint density at radius 1 is 1.19 bits per heavy atom. The number of hydrogen-bond acceptors (Lipinski definition) is 3. The molecule has 0 aromatic carbocycles. The highest BCUT2D eigenvalue weighted by atomic mass is 16.6. The molecular weight excluding hydrogens is 204 g/mol. The van der Waals surface area contributed by atoms with Crippen LogP contribution in [0.1, 0.15) is 32.6 Å². The Morgan fingerprint density at radius 2 is 2.00 bits per heavy atom. The van der Waals surface area contributed by atoms with Gasteiger partial charge in [0.25, 0.3) is 0 Å². The second-order valence-corrected chi connectivity index (χ2v) is 5.61. The number of fused-ring (bicyclic) bond motifs is 1. The number of hydrogen-bond donors (Lipinski definition) is 0. The molecule has 3 heteroatoms. The first-order valence-electron chi connectivity index (χ1n) is 6.66. The zero-order valence-corrected chi connectivity index (χ0v) is 10.1. The Hall–Kier alpha value is -0.120. The van der Waals surface area contributed by atoms with Crippen LogP contribution in [0.25, 0.3) is 0 Å². The lowest BCUT2D eigenvalue weighted by Crippen LogP contribution is -2.33. The molecule has 3 atom stereocenters. The summed E-state index contributed by atoms with van der Waals surface area (Å²) in [7, 11) is 0. The zero-order chi connectivity index (χ0) is 11.0. The van der Waals surface area contributed by atoms with Gasteiger partial charge in [-0.05, 0) is 31.6 Å². The molecule has 2 heterocycles. The van der Waals surface area contributed by atoms with Crippen molar-refractivity contribution in [2.24, 2.45) is 11.8 Å². The van der Waals surface area contributed by atoms with Crippen LogP contribution < -0.4 is 0 Å². The minimum Gasteiger partial charge on any atom is -0.381 e. The van der Waals surface area contributed by atoms with E-state index in [-0.39, 0.29) is 5.60 Å². The molecule has 2 aliphatic heterocycles. The van der Waals surface area contributed by atoms with Crippen LogP contribution in [-0.2, 0) is 14.2 Å². The van der Waals surface area contributed by atoms with Crippen molar-refractivity contribution in [3.8, 4) is 0 Å². The predicted octanol–water partition coefficient (Wildman–Crippen LogP) is 2.00. The first-order chi connectivity index (χ1) is 7.82. The van der Waals surface area contributed by atoms with Crippen molar-refractivity contribution in [3.05, 3.63) is 0 Å². The first-order valence-corrected chi connectivity index (χ1v) is 6.66. The van der Waals surface area contributed by atoms with Crippen molar-refractivity contribution in [1.29, 1.82) is 0 Å². The van der Waals surface area contributed by atoms with Gasteiger partial charge in [0.15, 0.2) is 0 Å². The van der Waals surface area contributed by atoms with Crippen molar-refractivity contribution in [1.82, 2.24) is 0 Å². The fraction of sp³-hybridized carbons (Fsp3) is 1.00. The average molecular weight is 226 g/mol. The molecule has 0 spiro atoms. The number of rotatable bonds is 5. The molecule has 0 N–H and O–H groups in total. The molecule has 1 aliphatic carbocycles. The average Bonchev–Trinajstić information content (AvgIpc) is 2.96. The highest BCUT2D eigenvalue weighted by Gasteiger charge is 2.57. The summed E-state index contributed by atoms with van der Waals surface area (Å²) in [5.41, 5.74) is 0.256. The Labute approximate surface area is 97.4 Å². The number of epoxide rings is 1. The Balaban J connectivity index is 1.38. The fourth-order valence-corrected chi connectivity index (χ4v) is 3.11. The van der Waals surface area contributed by atoms with Gasteiger partial charge >= 0.3 is 0 Å². The van der Waals surface area contributed by atoms with Crippen LogP contribution in [0.4, 0.5) is 0 Å². The molecular formula is C13H22O3. The normalized spacial score (nSPS) is 42.6. The monoisotopic (exact) mass is 226 g/mol. The summed E-state index contributed by atoms with van der Waals surface area (Å²) < 4.78 is 16.8. The van der Waals surface area contributed by atoms with E-state index in [2.05, 4.69) is 6.92 Å². The minimum atomic E-state index is 0.256. The van der Waals surface area contributed by atoms with Crippen molar-refractivity contribution >= 4 is 0 Å². The Morgan fingerprint density at radius 3 is 2.69 bits per heavy atom. The standard InChI is InChI=1S/C13H22O3/c1-2-13-5-10(3-4-12(13)16-13)6-14-7-11-8-15-9-11/h10-12H,2-9H2,1H3. The van der Waals surface area contributed by atoms with E-state index in [4.69, 9.17) is 14.2 Å². The maximum absolute atomic E-state index is 5.83. The third-order valence-electron chi connectivity index (χ3n) is 4.39. The lowest BCUT2D eigenvalue weighted by atomic mass is 9.80. The summed E-state index contributed by atoms with van der Waals surface area (Å²) in [5.74, 6) is 1.38. The van der Waals surface area contributed by atoms with Gasteiger partial charge in [0.2, 0.25) is 0 Å². The molecule has 3 nitrogen and oxygen atoms in total. The molecule has 3 fully saturated rings. The molecule has 1 saturated carbocycles. The molecule has 0 amide bonds. The molecule has 16 heavy (non-hydrogen) atoms. The summed E-state index contributed by atoms with van der Waals surface area (Å²) in [5, 5.41) is 0. The van der Waals surface area contributed by atoms with Gasteiger partial charge in [0.1, 0.15) is 0 Å². The maximum Gasteiger partial charge on any atom is 0.0949 e. The predicted molar refractivity (Wildman–Crippen MR) is 60.4 cm³/mol. The molecule has 0 aromatic heterocycles. The molecule has 3 rings (SSSR count). The molecule has 92 valence electrons. The van der Waals surface area contributed by atoms with Crippen molar-refractivity contribution in [2.45, 2.75) is 44.3 Å². The highest BCUT2D eigenvalue weighted by Crippen LogP contribution is 2.51. The van der Waals surface area contributed by atoms with Gasteiger partial charge in [-0.15, -0.1) is 0 Å². The Bertz CT molecular complexity index is 252. The third-order valence-corrected chi connectivity index (χ3v) is 4.39. The maximum atomic E-state index is 5.83. The van der Waals surface area contributed by atoms with Gasteiger partial charge in [0.05, 0.1) is 31.5 Å². The van der Waals surface area contributed by atoms with E-state index >= 15 is 0 Å². The topological polar surface area (TPSA) is 31.0 Å². The second kappa shape index (κ2) is 4.28. The lowest BCUT2D eigenvalue weighted by molar-refractivity contribution is -0.0771. The van der Waals surface area contributed by atoms with Gasteiger partial charge < -0.3 is 14.2 Å². The lowest BCUT2D eigenvalue weighted by Gasteiger charge is -2.28. The molecule has 3 unspecified atom stereocenters. The van der Waals surface area contributed by atoms with Crippen LogP contribution in [0.2, 0.25) is 0 Å². The summed E-state index contributed by atoms with van der Waals surface area (Å²) in [6, 6.07) is 0. The second-order valence-electron chi connectivity index (χ2n) is 5.61. The van der Waals surface area contributed by atoms with Crippen molar-refractivity contribution in [3.63, 3.8) is 0 Å². The van der Waals surface area contributed by atoms with Crippen LogP contribution in [0.5, 0.6) is 0 Å². The smallest absolute Gasteiger partial charge is 0.0949 e. The quantitative estimate of drug-likeness (QED) is 0.672. The molecule has 0 aromatic rings. The Kier molecular flexibility index (Phi) is 2.94. The van der Waals surface area contributed by atoms with E-state index in [1.165, 1.54) is 25.7 Å². The van der Waals surface area contributed by atoms with Crippen LogP contribution in [-0.4, -0.2) is 38.1 Å². The van der Waals surface area contributed by atoms with E-state index in [1.54, 1.807) is 0 Å². The van der Waals surface area contributed by atoms with E-state index in [0.717, 1.165) is 32.3 Å². The highest BCUT2D eigenvalue weighted by molar-refractivity contribution is 5.06. The minimum absolute atomic E-state index is 0.256. The van der Waals surface area contributed by atoms with E-state index in [0.29, 0.717) is 12.0 Å². The molecule has 3 aliphatic rings. The van der Waals surface area contributed by atoms with E-state index in [1.807, 2.05) is 0 Å². The van der Waals surface area contributed by atoms with Crippen LogP contribution >= 0.6 is 0 Å². The van der Waals surface area contributed by atoms with Crippen molar-refractivity contribution in [2.75, 3.05) is 26.4 Å². The SMILES string of the molecule is CCC12CC(COCC3COC3)CCC1O2. The summed E-state index contributed by atoms with van der Waals surface area (Å²) in [6.07, 6.45) is 5.50. The van der Waals surface area contributed by atoms with Crippen LogP contribution in [0.3, 0.4) is 0 Å². The van der Waals surface area contributed by atoms with Gasteiger partial charge in [-0.2, -0.15) is 0 Å². The van der Waals surface area contributed by atoms with Crippen LogP contribution in [0, 0.1) is 11.8 Å². The molecule has 0 bridgehead atoms. The third kappa shape index (κ3) is 2.01. The van der Waals surface area contributed by atoms with Crippen LogP contribution in [0.15, 0.2) is 0 Å². The van der Waals surface area contributed by atoms with Gasteiger partial charge in [0, 0.05) is 12.5 Å². The number of ether oxygens (including phenoxy) is 3. The zero-order valence-electron chi connectivity index (χ0n) is 10.1. The van der Waals surface area contributed by atoms with E-state index < -0.39 is 0 Å². The summed E-state index contributed by atoms with van der Waals surface area (Å²) >= 11 is 0. The first kappa shape index (κ1) is 11.0. The summed E-state index contributed by atoms with van der Waals surface area (Å²) in [4.78, 5) is 0. The summed E-state index contributed by atoms with van der Waals surface area (Å²) in [6.45, 7) is 5.85. The van der Waals surface area contributed by atoms with E-state index in [9.17, 15) is 0 Å².